The van der Waals surface area contributed by atoms with Crippen molar-refractivity contribution in [1.29, 1.82) is 0 Å². The molecule has 3 rings (SSSR count). The van der Waals surface area contributed by atoms with E-state index in [0.29, 0.717) is 19.6 Å². The predicted octanol–water partition coefficient (Wildman–Crippen LogP) is 2.93. The molecule has 1 unspecified atom stereocenters. The number of carbonyl (C=O) groups is 1. The zero-order valence-electron chi connectivity index (χ0n) is 17.0. The molecule has 29 heavy (non-hydrogen) atoms. The Kier molecular flexibility index (Phi) is 8.07. The zero-order valence-corrected chi connectivity index (χ0v) is 17.0. The molecule has 6 heteroatoms. The molecule has 0 aliphatic carbocycles. The van der Waals surface area contributed by atoms with E-state index in [-0.39, 0.29) is 11.8 Å². The summed E-state index contributed by atoms with van der Waals surface area (Å²) in [6, 6.07) is 18.3. The summed E-state index contributed by atoms with van der Waals surface area (Å²) in [5.74, 6) is 0.948. The Labute approximate surface area is 172 Å². The normalized spacial score (nSPS) is 16.1. The van der Waals surface area contributed by atoms with Crippen LogP contribution in [0.5, 0.6) is 0 Å². The number of rotatable bonds is 9. The lowest BCUT2D eigenvalue weighted by molar-refractivity contribution is -0.116. The second kappa shape index (κ2) is 11.2. The summed E-state index contributed by atoms with van der Waals surface area (Å²) in [6.07, 6.45) is 2.33. The molecule has 1 aliphatic rings. The first-order valence-electron chi connectivity index (χ1n) is 10.2. The summed E-state index contributed by atoms with van der Waals surface area (Å²) in [7, 11) is 1.76. The third-order valence-electron chi connectivity index (χ3n) is 4.98. The molecular formula is C23H30N4O2. The zero-order chi connectivity index (χ0) is 20.3. The van der Waals surface area contributed by atoms with Gasteiger partial charge in [0.25, 0.3) is 0 Å². The number of nitrogens with one attached hydrogen (secondary N) is 3. The van der Waals surface area contributed by atoms with E-state index in [1.165, 1.54) is 11.1 Å². The Morgan fingerprint density at radius 3 is 2.72 bits per heavy atom. The summed E-state index contributed by atoms with van der Waals surface area (Å²) >= 11 is 0. The fraction of sp³-hybridized carbons (Fsp3) is 0.391. The van der Waals surface area contributed by atoms with E-state index in [1.807, 2.05) is 24.3 Å². The van der Waals surface area contributed by atoms with Gasteiger partial charge in [0, 0.05) is 44.8 Å². The molecular weight excluding hydrogens is 364 g/mol. The number of amides is 1. The highest BCUT2D eigenvalue weighted by Crippen LogP contribution is 2.31. The number of hydrogen-bond acceptors (Lipinski definition) is 3. The van der Waals surface area contributed by atoms with Gasteiger partial charge in [0.1, 0.15) is 0 Å². The van der Waals surface area contributed by atoms with E-state index >= 15 is 0 Å². The summed E-state index contributed by atoms with van der Waals surface area (Å²) in [5, 5.41) is 9.59. The first-order valence-corrected chi connectivity index (χ1v) is 10.2. The number of guanidine groups is 1. The van der Waals surface area contributed by atoms with Gasteiger partial charge in [-0.2, -0.15) is 0 Å². The molecule has 0 radical (unpaired) electrons. The number of hydrogen-bond donors (Lipinski definition) is 3. The van der Waals surface area contributed by atoms with Crippen LogP contribution in [0.4, 0.5) is 5.69 Å². The topological polar surface area (TPSA) is 74.8 Å². The van der Waals surface area contributed by atoms with Crippen molar-refractivity contribution in [2.45, 2.75) is 25.2 Å². The van der Waals surface area contributed by atoms with Gasteiger partial charge in [-0.3, -0.25) is 9.79 Å². The Hall–Kier alpha value is -2.86. The number of nitrogens with zero attached hydrogens (tertiary/aromatic N) is 1. The van der Waals surface area contributed by atoms with Crippen LogP contribution in [-0.4, -0.2) is 45.2 Å². The van der Waals surface area contributed by atoms with Gasteiger partial charge in [0.2, 0.25) is 5.91 Å². The van der Waals surface area contributed by atoms with E-state index in [9.17, 15) is 4.79 Å². The first kappa shape index (κ1) is 20.9. The van der Waals surface area contributed by atoms with Gasteiger partial charge in [-0.05, 0) is 30.0 Å². The van der Waals surface area contributed by atoms with E-state index in [1.54, 1.807) is 7.05 Å². The van der Waals surface area contributed by atoms with Crippen molar-refractivity contribution >= 4 is 17.6 Å². The van der Waals surface area contributed by atoms with E-state index < -0.39 is 0 Å². The molecule has 0 fully saturated rings. The van der Waals surface area contributed by atoms with Crippen LogP contribution in [0, 0.1) is 0 Å². The maximum Gasteiger partial charge on any atom is 0.225 e. The highest BCUT2D eigenvalue weighted by molar-refractivity contribution is 5.94. The standard InChI is InChI=1S/C23H30N4O2/c1-24-23(25-13-7-14-29-15-12-18-8-3-2-4-9-18)26-17-19-16-22(28)27-21-11-6-5-10-20(19)21/h2-6,8-11,19H,7,12-17H2,1H3,(H,27,28)(H2,24,25,26). The maximum absolute atomic E-state index is 11.9. The van der Waals surface area contributed by atoms with E-state index in [4.69, 9.17) is 4.74 Å². The largest absolute Gasteiger partial charge is 0.381 e. The average Bonchev–Trinajstić information content (AvgIpc) is 2.75. The van der Waals surface area contributed by atoms with Gasteiger partial charge < -0.3 is 20.7 Å². The minimum Gasteiger partial charge on any atom is -0.381 e. The molecule has 3 N–H and O–H groups in total. The van der Waals surface area contributed by atoms with Crippen LogP contribution >= 0.6 is 0 Å². The SMILES string of the molecule is CN=C(NCCCOCCc1ccccc1)NCC1CC(=O)Nc2ccccc21. The van der Waals surface area contributed by atoms with Crippen LogP contribution in [0.2, 0.25) is 0 Å². The molecule has 6 nitrogen and oxygen atoms in total. The third kappa shape index (κ3) is 6.61. The molecule has 0 bridgehead atoms. The molecule has 0 aromatic heterocycles. The highest BCUT2D eigenvalue weighted by atomic mass is 16.5. The molecule has 154 valence electrons. The second-order valence-corrected chi connectivity index (χ2v) is 7.12. The number of anilines is 1. The van der Waals surface area contributed by atoms with Crippen LogP contribution in [-0.2, 0) is 16.0 Å². The summed E-state index contributed by atoms with van der Waals surface area (Å²) in [4.78, 5) is 16.2. The summed E-state index contributed by atoms with van der Waals surface area (Å²) < 4.78 is 5.71. The number of benzene rings is 2. The Morgan fingerprint density at radius 2 is 1.90 bits per heavy atom. The van der Waals surface area contributed by atoms with Gasteiger partial charge >= 0.3 is 0 Å². The van der Waals surface area contributed by atoms with Crippen molar-refractivity contribution in [3.05, 3.63) is 65.7 Å². The maximum atomic E-state index is 11.9. The van der Waals surface area contributed by atoms with Crippen molar-refractivity contribution in [2.75, 3.05) is 38.7 Å². The average molecular weight is 395 g/mol. The number of fused-ring (bicyclic) bond motifs is 1. The van der Waals surface area contributed by atoms with Crippen LogP contribution < -0.4 is 16.0 Å². The molecule has 1 atom stereocenters. The fourth-order valence-electron chi connectivity index (χ4n) is 3.44. The Balaban J connectivity index is 1.32. The number of aliphatic imine (C=N–C) groups is 1. The van der Waals surface area contributed by atoms with Crippen LogP contribution in [0.3, 0.4) is 0 Å². The second-order valence-electron chi connectivity index (χ2n) is 7.12. The van der Waals surface area contributed by atoms with Gasteiger partial charge in [-0.1, -0.05) is 48.5 Å². The van der Waals surface area contributed by atoms with Crippen LogP contribution in [0.25, 0.3) is 0 Å². The monoisotopic (exact) mass is 394 g/mol. The predicted molar refractivity (Wildman–Crippen MR) is 117 cm³/mol. The van der Waals surface area contributed by atoms with Crippen molar-refractivity contribution < 1.29 is 9.53 Å². The van der Waals surface area contributed by atoms with Crippen LogP contribution in [0.1, 0.15) is 29.9 Å². The van der Waals surface area contributed by atoms with Crippen LogP contribution in [0.15, 0.2) is 59.6 Å². The number of ether oxygens (including phenoxy) is 1. The summed E-state index contributed by atoms with van der Waals surface area (Å²) in [6.45, 7) is 2.90. The lowest BCUT2D eigenvalue weighted by Crippen LogP contribution is -2.41. The molecule has 2 aromatic carbocycles. The van der Waals surface area contributed by atoms with E-state index in [2.05, 4.69) is 51.3 Å². The lowest BCUT2D eigenvalue weighted by Gasteiger charge is -2.26. The molecule has 1 heterocycles. The first-order chi connectivity index (χ1) is 14.3. The minimum absolute atomic E-state index is 0.0612. The van der Waals surface area contributed by atoms with E-state index in [0.717, 1.165) is 37.6 Å². The quantitative estimate of drug-likeness (QED) is 0.347. The number of carbonyl (C=O) groups excluding carboxylic acids is 1. The Bertz CT molecular complexity index is 808. The number of para-hydroxylation sites is 1. The lowest BCUT2D eigenvalue weighted by atomic mass is 9.90. The van der Waals surface area contributed by atoms with Gasteiger partial charge in [-0.25, -0.2) is 0 Å². The third-order valence-corrected chi connectivity index (χ3v) is 4.98. The summed E-state index contributed by atoms with van der Waals surface area (Å²) in [5.41, 5.74) is 3.38. The molecule has 0 saturated heterocycles. The van der Waals surface area contributed by atoms with Crippen molar-refractivity contribution in [3.8, 4) is 0 Å². The van der Waals surface area contributed by atoms with Gasteiger partial charge in [0.15, 0.2) is 5.96 Å². The molecule has 1 aliphatic heterocycles. The Morgan fingerprint density at radius 1 is 1.10 bits per heavy atom. The smallest absolute Gasteiger partial charge is 0.225 e. The molecule has 2 aromatic rings. The molecule has 1 amide bonds. The van der Waals surface area contributed by atoms with Crippen molar-refractivity contribution in [2.24, 2.45) is 4.99 Å². The van der Waals surface area contributed by atoms with Gasteiger partial charge in [0.05, 0.1) is 6.61 Å². The molecule has 0 saturated carbocycles. The van der Waals surface area contributed by atoms with Crippen molar-refractivity contribution in [1.82, 2.24) is 10.6 Å². The highest BCUT2D eigenvalue weighted by Gasteiger charge is 2.24. The minimum atomic E-state index is 0.0612. The molecule has 0 spiro atoms. The van der Waals surface area contributed by atoms with Gasteiger partial charge in [-0.15, -0.1) is 0 Å². The fourth-order valence-corrected chi connectivity index (χ4v) is 3.44. The van der Waals surface area contributed by atoms with Crippen molar-refractivity contribution in [3.63, 3.8) is 0 Å².